The Balaban J connectivity index is 2.55. The summed E-state index contributed by atoms with van der Waals surface area (Å²) in [4.78, 5) is 10.8. The third-order valence-electron chi connectivity index (χ3n) is 1.74. The Labute approximate surface area is 88.7 Å². The van der Waals surface area contributed by atoms with E-state index in [-0.39, 0.29) is 6.42 Å². The van der Waals surface area contributed by atoms with Gasteiger partial charge in [0.05, 0.1) is 13.5 Å². The first-order valence-electron chi connectivity index (χ1n) is 4.54. The highest BCUT2D eigenvalue weighted by molar-refractivity contribution is 5.70. The molecule has 1 atom stereocenters. The van der Waals surface area contributed by atoms with Crippen molar-refractivity contribution in [3.8, 4) is 11.8 Å². The molecule has 1 unspecified atom stereocenters. The van der Waals surface area contributed by atoms with Gasteiger partial charge in [0.1, 0.15) is 6.10 Å². The van der Waals surface area contributed by atoms with Crippen LogP contribution in [0.4, 0.5) is 0 Å². The number of aliphatic hydroxyl groups is 1. The van der Waals surface area contributed by atoms with Crippen molar-refractivity contribution in [3.05, 3.63) is 35.9 Å². The highest BCUT2D eigenvalue weighted by Gasteiger charge is 2.06. The minimum atomic E-state index is -0.974. The van der Waals surface area contributed by atoms with E-state index in [2.05, 4.69) is 16.6 Å². The maximum Gasteiger partial charge on any atom is 0.309 e. The van der Waals surface area contributed by atoms with Crippen LogP contribution in [0.15, 0.2) is 30.3 Å². The van der Waals surface area contributed by atoms with E-state index >= 15 is 0 Å². The van der Waals surface area contributed by atoms with E-state index in [1.165, 1.54) is 7.11 Å². The molecule has 0 aromatic heterocycles. The van der Waals surface area contributed by atoms with Crippen LogP contribution in [0.2, 0.25) is 0 Å². The Morgan fingerprint density at radius 2 is 2.13 bits per heavy atom. The molecule has 3 nitrogen and oxygen atoms in total. The minimum Gasteiger partial charge on any atom is -0.469 e. The Kier molecular flexibility index (Phi) is 4.39. The molecule has 0 spiro atoms. The fourth-order valence-corrected chi connectivity index (χ4v) is 0.980. The van der Waals surface area contributed by atoms with Gasteiger partial charge < -0.3 is 9.84 Å². The summed E-state index contributed by atoms with van der Waals surface area (Å²) in [7, 11) is 1.28. The molecule has 0 saturated carbocycles. The van der Waals surface area contributed by atoms with E-state index in [1.807, 2.05) is 30.3 Å². The number of benzene rings is 1. The number of esters is 1. The summed E-state index contributed by atoms with van der Waals surface area (Å²) < 4.78 is 4.41. The molecule has 0 bridgehead atoms. The normalized spacial score (nSPS) is 11.1. The smallest absolute Gasteiger partial charge is 0.309 e. The molecule has 15 heavy (non-hydrogen) atoms. The van der Waals surface area contributed by atoms with E-state index in [9.17, 15) is 9.90 Å². The molecule has 0 aliphatic rings. The zero-order valence-electron chi connectivity index (χ0n) is 8.43. The molecule has 1 aromatic carbocycles. The number of ether oxygens (including phenoxy) is 1. The third kappa shape index (κ3) is 4.30. The maximum absolute atomic E-state index is 10.8. The Morgan fingerprint density at radius 3 is 2.73 bits per heavy atom. The number of hydrogen-bond donors (Lipinski definition) is 1. The van der Waals surface area contributed by atoms with E-state index in [0.717, 1.165) is 5.56 Å². The predicted molar refractivity (Wildman–Crippen MR) is 56.0 cm³/mol. The average molecular weight is 204 g/mol. The molecule has 0 radical (unpaired) electrons. The molecular weight excluding hydrogens is 192 g/mol. The molecule has 0 saturated heterocycles. The predicted octanol–water partition coefficient (Wildman–Crippen LogP) is 0.962. The molecule has 78 valence electrons. The molecule has 0 heterocycles. The Hall–Kier alpha value is -1.79. The van der Waals surface area contributed by atoms with Crippen LogP contribution in [0, 0.1) is 11.8 Å². The van der Waals surface area contributed by atoms with Gasteiger partial charge in [0.15, 0.2) is 0 Å². The zero-order valence-corrected chi connectivity index (χ0v) is 8.43. The summed E-state index contributed by atoms with van der Waals surface area (Å²) in [6.45, 7) is 0. The van der Waals surface area contributed by atoms with Gasteiger partial charge in [-0.05, 0) is 12.1 Å². The van der Waals surface area contributed by atoms with Crippen LogP contribution >= 0.6 is 0 Å². The SMILES string of the molecule is COC(=O)CC(O)C#Cc1ccccc1. The Morgan fingerprint density at radius 1 is 1.47 bits per heavy atom. The highest BCUT2D eigenvalue weighted by atomic mass is 16.5. The first kappa shape index (κ1) is 11.3. The quantitative estimate of drug-likeness (QED) is 0.576. The van der Waals surface area contributed by atoms with Gasteiger partial charge in [-0.1, -0.05) is 30.0 Å². The van der Waals surface area contributed by atoms with Crippen molar-refractivity contribution in [1.29, 1.82) is 0 Å². The van der Waals surface area contributed by atoms with Crippen LogP contribution in [0.3, 0.4) is 0 Å². The number of aliphatic hydroxyl groups excluding tert-OH is 1. The standard InChI is InChI=1S/C12H12O3/c1-15-12(14)9-11(13)8-7-10-5-3-2-4-6-10/h2-6,11,13H,9H2,1H3. The number of hydrogen-bond acceptors (Lipinski definition) is 3. The molecule has 3 heteroatoms. The van der Waals surface area contributed by atoms with Crippen LogP contribution in [0.1, 0.15) is 12.0 Å². The average Bonchev–Trinajstić information content (AvgIpc) is 2.27. The first-order valence-corrected chi connectivity index (χ1v) is 4.54. The van der Waals surface area contributed by atoms with Crippen molar-refractivity contribution in [3.63, 3.8) is 0 Å². The third-order valence-corrected chi connectivity index (χ3v) is 1.74. The molecule has 1 rings (SSSR count). The number of carbonyl (C=O) groups excluding carboxylic acids is 1. The maximum atomic E-state index is 10.8. The fraction of sp³-hybridized carbons (Fsp3) is 0.250. The van der Waals surface area contributed by atoms with E-state index in [4.69, 9.17) is 0 Å². The van der Waals surface area contributed by atoms with Crippen molar-refractivity contribution in [2.24, 2.45) is 0 Å². The molecule has 0 amide bonds. The van der Waals surface area contributed by atoms with Gasteiger partial charge in [-0.15, -0.1) is 0 Å². The first-order chi connectivity index (χ1) is 7.22. The number of methoxy groups -OCH3 is 1. The monoisotopic (exact) mass is 204 g/mol. The van der Waals surface area contributed by atoms with Gasteiger partial charge >= 0.3 is 5.97 Å². The van der Waals surface area contributed by atoms with Gasteiger partial charge in [-0.3, -0.25) is 4.79 Å². The van der Waals surface area contributed by atoms with Crippen LogP contribution in [-0.2, 0) is 9.53 Å². The molecule has 0 fully saturated rings. The fourth-order valence-electron chi connectivity index (χ4n) is 0.980. The van der Waals surface area contributed by atoms with Gasteiger partial charge in [-0.25, -0.2) is 0 Å². The van der Waals surface area contributed by atoms with Gasteiger partial charge in [0, 0.05) is 5.56 Å². The second-order valence-electron chi connectivity index (χ2n) is 2.93. The van der Waals surface area contributed by atoms with Gasteiger partial charge in [0.25, 0.3) is 0 Å². The van der Waals surface area contributed by atoms with Crippen molar-refractivity contribution < 1.29 is 14.6 Å². The number of rotatable bonds is 2. The summed E-state index contributed by atoms with van der Waals surface area (Å²) in [5.41, 5.74) is 0.807. The molecule has 0 aliphatic carbocycles. The lowest BCUT2D eigenvalue weighted by Gasteiger charge is -2.00. The van der Waals surface area contributed by atoms with Crippen molar-refractivity contribution in [1.82, 2.24) is 0 Å². The highest BCUT2D eigenvalue weighted by Crippen LogP contribution is 1.97. The van der Waals surface area contributed by atoms with Gasteiger partial charge in [-0.2, -0.15) is 0 Å². The molecule has 1 N–H and O–H groups in total. The second kappa shape index (κ2) is 5.84. The summed E-state index contributed by atoms with van der Waals surface area (Å²) in [6, 6.07) is 9.26. The summed E-state index contributed by atoms with van der Waals surface area (Å²) in [5.74, 6) is 4.87. The molecule has 0 aliphatic heterocycles. The van der Waals surface area contributed by atoms with E-state index < -0.39 is 12.1 Å². The van der Waals surface area contributed by atoms with Gasteiger partial charge in [0.2, 0.25) is 0 Å². The molecule has 1 aromatic rings. The number of carbonyl (C=O) groups is 1. The topological polar surface area (TPSA) is 46.5 Å². The Bertz CT molecular complexity index is 373. The largest absolute Gasteiger partial charge is 0.469 e. The lowest BCUT2D eigenvalue weighted by atomic mass is 10.2. The van der Waals surface area contributed by atoms with E-state index in [0.29, 0.717) is 0 Å². The van der Waals surface area contributed by atoms with Crippen molar-refractivity contribution in [2.75, 3.05) is 7.11 Å². The molecular formula is C12H12O3. The van der Waals surface area contributed by atoms with Crippen LogP contribution in [0.25, 0.3) is 0 Å². The van der Waals surface area contributed by atoms with Crippen LogP contribution in [0.5, 0.6) is 0 Å². The minimum absolute atomic E-state index is 0.101. The zero-order chi connectivity index (χ0) is 11.1. The summed E-state index contributed by atoms with van der Waals surface area (Å²) in [5, 5.41) is 9.34. The van der Waals surface area contributed by atoms with Crippen molar-refractivity contribution >= 4 is 5.97 Å². The second-order valence-corrected chi connectivity index (χ2v) is 2.93. The summed E-state index contributed by atoms with van der Waals surface area (Å²) in [6.07, 6.45) is -1.08. The lowest BCUT2D eigenvalue weighted by molar-refractivity contribution is -0.142. The van der Waals surface area contributed by atoms with Crippen molar-refractivity contribution in [2.45, 2.75) is 12.5 Å². The summed E-state index contributed by atoms with van der Waals surface area (Å²) >= 11 is 0. The lowest BCUT2D eigenvalue weighted by Crippen LogP contribution is -2.12. The van der Waals surface area contributed by atoms with Crippen LogP contribution < -0.4 is 0 Å². The van der Waals surface area contributed by atoms with Crippen LogP contribution in [-0.4, -0.2) is 24.3 Å². The van der Waals surface area contributed by atoms with E-state index in [1.54, 1.807) is 0 Å².